The highest BCUT2D eigenvalue weighted by Gasteiger charge is 2.26. The van der Waals surface area contributed by atoms with E-state index in [9.17, 15) is 9.50 Å². The Labute approximate surface area is 83.6 Å². The lowest BCUT2D eigenvalue weighted by Crippen LogP contribution is -2.23. The van der Waals surface area contributed by atoms with Crippen molar-refractivity contribution in [1.82, 2.24) is 0 Å². The van der Waals surface area contributed by atoms with Crippen LogP contribution in [0, 0.1) is 5.82 Å². The van der Waals surface area contributed by atoms with Crippen molar-refractivity contribution < 1.29 is 9.50 Å². The molecule has 1 fully saturated rings. The molecule has 2 rings (SSSR count). The molecule has 1 nitrogen and oxygen atoms in total. The third-order valence-electron chi connectivity index (χ3n) is 3.03. The third kappa shape index (κ3) is 1.80. The van der Waals surface area contributed by atoms with Crippen LogP contribution in [0.5, 0.6) is 0 Å². The van der Waals surface area contributed by atoms with Crippen molar-refractivity contribution in [3.8, 4) is 0 Å². The predicted molar refractivity (Wildman–Crippen MR) is 53.6 cm³/mol. The lowest BCUT2D eigenvalue weighted by molar-refractivity contribution is 0.104. The van der Waals surface area contributed by atoms with Gasteiger partial charge in [-0.3, -0.25) is 0 Å². The minimum absolute atomic E-state index is 0.00458. The van der Waals surface area contributed by atoms with Crippen LogP contribution in [-0.4, -0.2) is 11.2 Å². The lowest BCUT2D eigenvalue weighted by atomic mass is 9.81. The average molecular weight is 194 g/mol. The zero-order chi connectivity index (χ0) is 9.97. The van der Waals surface area contributed by atoms with Crippen LogP contribution in [0.15, 0.2) is 24.3 Å². The molecule has 0 saturated heterocycles. The molecular weight excluding hydrogens is 179 g/mol. The first-order valence-electron chi connectivity index (χ1n) is 5.21. The Morgan fingerprint density at radius 2 is 1.86 bits per heavy atom. The van der Waals surface area contributed by atoms with Crippen molar-refractivity contribution in [3.05, 3.63) is 35.6 Å². The molecule has 1 unspecified atom stereocenters. The van der Waals surface area contributed by atoms with Gasteiger partial charge in [-0.15, -0.1) is 0 Å². The molecule has 1 aromatic carbocycles. The SMILES string of the molecule is O[C@H]1CCCCC1c1ccccc1F. The van der Waals surface area contributed by atoms with Gasteiger partial charge in [0, 0.05) is 5.92 Å². The largest absolute Gasteiger partial charge is 0.392 e. The molecule has 0 aliphatic heterocycles. The van der Waals surface area contributed by atoms with Gasteiger partial charge >= 0.3 is 0 Å². The summed E-state index contributed by atoms with van der Waals surface area (Å²) in [4.78, 5) is 0. The molecule has 1 saturated carbocycles. The maximum atomic E-state index is 13.4. The van der Waals surface area contributed by atoms with Gasteiger partial charge in [-0.05, 0) is 24.5 Å². The maximum absolute atomic E-state index is 13.4. The fraction of sp³-hybridized carbons (Fsp3) is 0.500. The van der Waals surface area contributed by atoms with E-state index in [1.165, 1.54) is 6.07 Å². The molecule has 2 atom stereocenters. The van der Waals surface area contributed by atoms with Crippen molar-refractivity contribution >= 4 is 0 Å². The van der Waals surface area contributed by atoms with Crippen LogP contribution in [0.4, 0.5) is 4.39 Å². The average Bonchev–Trinajstić information content (AvgIpc) is 2.20. The van der Waals surface area contributed by atoms with E-state index in [0.29, 0.717) is 5.56 Å². The smallest absolute Gasteiger partial charge is 0.126 e. The number of aliphatic hydroxyl groups excluding tert-OH is 1. The van der Waals surface area contributed by atoms with Crippen LogP contribution >= 0.6 is 0 Å². The van der Waals surface area contributed by atoms with E-state index in [2.05, 4.69) is 0 Å². The predicted octanol–water partition coefficient (Wildman–Crippen LogP) is 2.84. The molecule has 0 amide bonds. The first-order valence-corrected chi connectivity index (χ1v) is 5.21. The molecule has 1 aliphatic carbocycles. The quantitative estimate of drug-likeness (QED) is 0.728. The molecule has 0 heterocycles. The second-order valence-corrected chi connectivity index (χ2v) is 3.98. The van der Waals surface area contributed by atoms with E-state index in [0.717, 1.165) is 25.7 Å². The van der Waals surface area contributed by atoms with Crippen molar-refractivity contribution in [1.29, 1.82) is 0 Å². The summed E-state index contributed by atoms with van der Waals surface area (Å²) in [5, 5.41) is 9.78. The Balaban J connectivity index is 2.25. The van der Waals surface area contributed by atoms with Crippen LogP contribution in [0.1, 0.15) is 37.2 Å². The summed E-state index contributed by atoms with van der Waals surface area (Å²) in [6.45, 7) is 0. The summed E-state index contributed by atoms with van der Waals surface area (Å²) in [5.41, 5.74) is 0.680. The van der Waals surface area contributed by atoms with Gasteiger partial charge in [-0.2, -0.15) is 0 Å². The summed E-state index contributed by atoms with van der Waals surface area (Å²) in [6, 6.07) is 6.78. The summed E-state index contributed by atoms with van der Waals surface area (Å²) in [7, 11) is 0. The van der Waals surface area contributed by atoms with Gasteiger partial charge in [-0.25, -0.2) is 4.39 Å². The minimum atomic E-state index is -0.361. The second kappa shape index (κ2) is 4.09. The Kier molecular flexibility index (Phi) is 2.82. The van der Waals surface area contributed by atoms with Gasteiger partial charge in [0.1, 0.15) is 5.82 Å². The summed E-state index contributed by atoms with van der Waals surface area (Å²) in [6.07, 6.45) is 3.50. The van der Waals surface area contributed by atoms with Gasteiger partial charge in [0.2, 0.25) is 0 Å². The molecular formula is C12H15FO. The highest BCUT2D eigenvalue weighted by Crippen LogP contribution is 2.33. The van der Waals surface area contributed by atoms with Gasteiger partial charge < -0.3 is 5.11 Å². The number of hydrogen-bond acceptors (Lipinski definition) is 1. The molecule has 1 aliphatic rings. The van der Waals surface area contributed by atoms with Crippen molar-refractivity contribution in [2.45, 2.75) is 37.7 Å². The van der Waals surface area contributed by atoms with Crippen molar-refractivity contribution in [3.63, 3.8) is 0 Å². The Hall–Kier alpha value is -0.890. The topological polar surface area (TPSA) is 20.2 Å². The number of hydrogen-bond donors (Lipinski definition) is 1. The Bertz CT molecular complexity index is 311. The highest BCUT2D eigenvalue weighted by molar-refractivity contribution is 5.23. The van der Waals surface area contributed by atoms with E-state index in [4.69, 9.17) is 0 Å². The third-order valence-corrected chi connectivity index (χ3v) is 3.03. The highest BCUT2D eigenvalue weighted by atomic mass is 19.1. The van der Waals surface area contributed by atoms with Crippen LogP contribution in [0.3, 0.4) is 0 Å². The van der Waals surface area contributed by atoms with E-state index in [1.807, 2.05) is 6.07 Å². The molecule has 0 aromatic heterocycles. The maximum Gasteiger partial charge on any atom is 0.126 e. The molecule has 14 heavy (non-hydrogen) atoms. The molecule has 1 aromatic rings. The second-order valence-electron chi connectivity index (χ2n) is 3.98. The lowest BCUT2D eigenvalue weighted by Gasteiger charge is -2.28. The van der Waals surface area contributed by atoms with Crippen LogP contribution in [0.2, 0.25) is 0 Å². The van der Waals surface area contributed by atoms with Crippen LogP contribution in [-0.2, 0) is 0 Å². The minimum Gasteiger partial charge on any atom is -0.392 e. The van der Waals surface area contributed by atoms with Gasteiger partial charge in [0.05, 0.1) is 6.10 Å². The number of halogens is 1. The van der Waals surface area contributed by atoms with E-state index in [1.54, 1.807) is 12.1 Å². The zero-order valence-corrected chi connectivity index (χ0v) is 8.12. The summed E-state index contributed by atoms with van der Waals surface area (Å²) in [5.74, 6) is -0.177. The van der Waals surface area contributed by atoms with Crippen molar-refractivity contribution in [2.75, 3.05) is 0 Å². The zero-order valence-electron chi connectivity index (χ0n) is 8.12. The Morgan fingerprint density at radius 3 is 2.57 bits per heavy atom. The van der Waals surface area contributed by atoms with E-state index >= 15 is 0 Å². The van der Waals surface area contributed by atoms with Gasteiger partial charge in [-0.1, -0.05) is 31.0 Å². The fourth-order valence-corrected chi connectivity index (χ4v) is 2.25. The van der Waals surface area contributed by atoms with Crippen LogP contribution in [0.25, 0.3) is 0 Å². The Morgan fingerprint density at radius 1 is 1.14 bits per heavy atom. The molecule has 0 radical (unpaired) electrons. The molecule has 76 valence electrons. The standard InChI is InChI=1S/C12H15FO/c13-11-7-3-1-5-9(11)10-6-2-4-8-12(10)14/h1,3,5,7,10,12,14H,2,4,6,8H2/t10?,12-/m0/s1. The van der Waals surface area contributed by atoms with E-state index < -0.39 is 0 Å². The van der Waals surface area contributed by atoms with Crippen molar-refractivity contribution in [2.24, 2.45) is 0 Å². The first-order chi connectivity index (χ1) is 6.79. The molecule has 0 bridgehead atoms. The number of benzene rings is 1. The van der Waals surface area contributed by atoms with Gasteiger partial charge in [0.15, 0.2) is 0 Å². The molecule has 1 N–H and O–H groups in total. The molecule has 2 heteroatoms. The first kappa shape index (κ1) is 9.66. The number of aliphatic hydroxyl groups is 1. The fourth-order valence-electron chi connectivity index (χ4n) is 2.25. The number of rotatable bonds is 1. The summed E-state index contributed by atoms with van der Waals surface area (Å²) < 4.78 is 13.4. The van der Waals surface area contributed by atoms with E-state index in [-0.39, 0.29) is 17.8 Å². The summed E-state index contributed by atoms with van der Waals surface area (Å²) >= 11 is 0. The van der Waals surface area contributed by atoms with Gasteiger partial charge in [0.25, 0.3) is 0 Å². The molecule has 0 spiro atoms. The van der Waals surface area contributed by atoms with Crippen LogP contribution < -0.4 is 0 Å². The normalized spacial score (nSPS) is 27.6. The monoisotopic (exact) mass is 194 g/mol.